The highest BCUT2D eigenvalue weighted by Gasteiger charge is 2.50. The van der Waals surface area contributed by atoms with E-state index in [9.17, 15) is 19.5 Å². The largest absolute Gasteiger partial charge is 0.481 e. The van der Waals surface area contributed by atoms with Crippen LogP contribution in [-0.4, -0.2) is 36.2 Å². The SMILES string of the molecule is CCOC(=O)C(CC(=O)O)(Cc1ccc(C)c(C)c1)C(=O)OCC. The van der Waals surface area contributed by atoms with Gasteiger partial charge in [-0.05, 0) is 50.8 Å². The molecule has 0 aromatic heterocycles. The topological polar surface area (TPSA) is 89.9 Å². The maximum atomic E-state index is 12.5. The predicted molar refractivity (Wildman–Crippen MR) is 87.6 cm³/mol. The number of aliphatic carboxylic acids is 1. The van der Waals surface area contributed by atoms with Gasteiger partial charge in [0, 0.05) is 0 Å². The molecule has 1 N–H and O–H groups in total. The van der Waals surface area contributed by atoms with E-state index in [0.717, 1.165) is 11.1 Å². The normalized spacial score (nSPS) is 11.0. The van der Waals surface area contributed by atoms with Crippen LogP contribution < -0.4 is 0 Å². The van der Waals surface area contributed by atoms with Gasteiger partial charge in [0.2, 0.25) is 0 Å². The third-order valence-electron chi connectivity index (χ3n) is 3.86. The second kappa shape index (κ2) is 8.47. The Kier molecular flexibility index (Phi) is 6.95. The van der Waals surface area contributed by atoms with Crippen LogP contribution in [0.3, 0.4) is 0 Å². The van der Waals surface area contributed by atoms with E-state index in [-0.39, 0.29) is 19.6 Å². The molecule has 6 heteroatoms. The summed E-state index contributed by atoms with van der Waals surface area (Å²) < 4.78 is 10.00. The first-order valence-corrected chi connectivity index (χ1v) is 7.89. The molecule has 0 atom stereocenters. The van der Waals surface area contributed by atoms with Gasteiger partial charge in [-0.3, -0.25) is 14.4 Å². The lowest BCUT2D eigenvalue weighted by molar-refractivity contribution is -0.176. The van der Waals surface area contributed by atoms with Gasteiger partial charge >= 0.3 is 17.9 Å². The monoisotopic (exact) mass is 336 g/mol. The summed E-state index contributed by atoms with van der Waals surface area (Å²) in [6, 6.07) is 5.48. The molecule has 0 aliphatic carbocycles. The third kappa shape index (κ3) is 4.57. The average Bonchev–Trinajstić information content (AvgIpc) is 2.50. The molecule has 0 saturated heterocycles. The quantitative estimate of drug-likeness (QED) is 0.579. The van der Waals surface area contributed by atoms with Gasteiger partial charge in [0.15, 0.2) is 5.41 Å². The fourth-order valence-corrected chi connectivity index (χ4v) is 2.49. The molecule has 0 amide bonds. The predicted octanol–water partition coefficient (Wildman–Crippen LogP) is 2.43. The Morgan fingerprint density at radius 1 is 1.00 bits per heavy atom. The smallest absolute Gasteiger partial charge is 0.324 e. The van der Waals surface area contributed by atoms with Crippen molar-refractivity contribution in [1.82, 2.24) is 0 Å². The molecule has 132 valence electrons. The Bertz CT molecular complexity index is 602. The number of carboxylic acid groups (broad SMARTS) is 1. The van der Waals surface area contributed by atoms with Crippen molar-refractivity contribution >= 4 is 17.9 Å². The van der Waals surface area contributed by atoms with E-state index in [1.807, 2.05) is 26.0 Å². The van der Waals surface area contributed by atoms with Gasteiger partial charge in [0.1, 0.15) is 0 Å². The Morgan fingerprint density at radius 2 is 1.54 bits per heavy atom. The van der Waals surface area contributed by atoms with E-state index in [0.29, 0.717) is 5.56 Å². The summed E-state index contributed by atoms with van der Waals surface area (Å²) in [5.41, 5.74) is 0.847. The number of ether oxygens (including phenoxy) is 2. The zero-order chi connectivity index (χ0) is 18.3. The highest BCUT2D eigenvalue weighted by atomic mass is 16.6. The maximum absolute atomic E-state index is 12.5. The van der Waals surface area contributed by atoms with Gasteiger partial charge in [-0.25, -0.2) is 0 Å². The number of benzene rings is 1. The van der Waals surface area contributed by atoms with Crippen LogP contribution in [0.5, 0.6) is 0 Å². The van der Waals surface area contributed by atoms with E-state index in [2.05, 4.69) is 0 Å². The van der Waals surface area contributed by atoms with Crippen LogP contribution in [0.4, 0.5) is 0 Å². The standard InChI is InChI=1S/C18H24O6/c1-5-23-16(21)18(11-15(19)20,17(22)24-6-2)10-14-8-7-12(3)13(4)9-14/h7-9H,5-6,10-11H2,1-4H3,(H,19,20). The minimum Gasteiger partial charge on any atom is -0.481 e. The Balaban J connectivity index is 3.35. The van der Waals surface area contributed by atoms with Crippen molar-refractivity contribution in [2.45, 2.75) is 40.5 Å². The molecule has 6 nitrogen and oxygen atoms in total. The molecule has 0 spiro atoms. The lowest BCUT2D eigenvalue weighted by Crippen LogP contribution is -2.45. The summed E-state index contributed by atoms with van der Waals surface area (Å²) in [5.74, 6) is -3.01. The summed E-state index contributed by atoms with van der Waals surface area (Å²) in [5, 5.41) is 9.24. The highest BCUT2D eigenvalue weighted by molar-refractivity contribution is 6.03. The molecule has 0 unspecified atom stereocenters. The molecule has 1 aromatic rings. The molecular weight excluding hydrogens is 312 g/mol. The van der Waals surface area contributed by atoms with Crippen LogP contribution in [-0.2, 0) is 30.3 Å². The number of carbonyl (C=O) groups excluding carboxylic acids is 2. The summed E-state index contributed by atoms with van der Waals surface area (Å²) in [6.07, 6.45) is -0.768. The molecule has 0 bridgehead atoms. The minimum atomic E-state index is -1.89. The maximum Gasteiger partial charge on any atom is 0.324 e. The lowest BCUT2D eigenvalue weighted by Gasteiger charge is -2.28. The van der Waals surface area contributed by atoms with Crippen molar-refractivity contribution in [3.63, 3.8) is 0 Å². The summed E-state index contributed by atoms with van der Waals surface area (Å²) in [6.45, 7) is 7.15. The van der Waals surface area contributed by atoms with Crippen LogP contribution in [0.25, 0.3) is 0 Å². The second-order valence-corrected chi connectivity index (χ2v) is 5.69. The summed E-state index contributed by atoms with van der Waals surface area (Å²) in [7, 11) is 0. The van der Waals surface area contributed by atoms with Crippen LogP contribution in [0.1, 0.15) is 37.0 Å². The van der Waals surface area contributed by atoms with E-state index in [1.54, 1.807) is 19.9 Å². The number of rotatable bonds is 8. The Morgan fingerprint density at radius 3 is 1.96 bits per heavy atom. The van der Waals surface area contributed by atoms with Crippen molar-refractivity contribution in [2.75, 3.05) is 13.2 Å². The number of aryl methyl sites for hydroxylation is 2. The molecule has 0 saturated carbocycles. The van der Waals surface area contributed by atoms with Gasteiger partial charge in [-0.1, -0.05) is 18.2 Å². The zero-order valence-corrected chi connectivity index (χ0v) is 14.5. The first-order valence-electron chi connectivity index (χ1n) is 7.89. The second-order valence-electron chi connectivity index (χ2n) is 5.69. The molecule has 24 heavy (non-hydrogen) atoms. The Hall–Kier alpha value is -2.37. The van der Waals surface area contributed by atoms with Crippen LogP contribution in [0.2, 0.25) is 0 Å². The van der Waals surface area contributed by atoms with Gasteiger partial charge in [-0.15, -0.1) is 0 Å². The van der Waals surface area contributed by atoms with E-state index in [4.69, 9.17) is 9.47 Å². The number of carboxylic acids is 1. The number of esters is 2. The summed E-state index contributed by atoms with van der Waals surface area (Å²) >= 11 is 0. The number of hydrogen-bond donors (Lipinski definition) is 1. The molecule has 1 aromatic carbocycles. The molecule has 0 aliphatic rings. The van der Waals surface area contributed by atoms with Gasteiger partial charge < -0.3 is 14.6 Å². The van der Waals surface area contributed by atoms with E-state index in [1.165, 1.54) is 0 Å². The van der Waals surface area contributed by atoms with Crippen molar-refractivity contribution in [3.05, 3.63) is 34.9 Å². The molecule has 0 radical (unpaired) electrons. The van der Waals surface area contributed by atoms with Crippen LogP contribution >= 0.6 is 0 Å². The summed E-state index contributed by atoms with van der Waals surface area (Å²) in [4.78, 5) is 36.3. The van der Waals surface area contributed by atoms with Crippen LogP contribution in [0.15, 0.2) is 18.2 Å². The van der Waals surface area contributed by atoms with Gasteiger partial charge in [0.25, 0.3) is 0 Å². The average molecular weight is 336 g/mol. The molecule has 0 aliphatic heterocycles. The van der Waals surface area contributed by atoms with Crippen molar-refractivity contribution in [2.24, 2.45) is 5.41 Å². The number of hydrogen-bond acceptors (Lipinski definition) is 5. The lowest BCUT2D eigenvalue weighted by atomic mass is 9.78. The number of carbonyl (C=O) groups is 3. The van der Waals surface area contributed by atoms with E-state index < -0.39 is 29.7 Å². The van der Waals surface area contributed by atoms with E-state index >= 15 is 0 Å². The molecule has 0 heterocycles. The minimum absolute atomic E-state index is 0.0481. The Labute approximate surface area is 141 Å². The van der Waals surface area contributed by atoms with Crippen LogP contribution in [0, 0.1) is 19.3 Å². The molecular formula is C18H24O6. The highest BCUT2D eigenvalue weighted by Crippen LogP contribution is 2.32. The van der Waals surface area contributed by atoms with Crippen molar-refractivity contribution in [3.8, 4) is 0 Å². The fourth-order valence-electron chi connectivity index (χ4n) is 2.49. The third-order valence-corrected chi connectivity index (χ3v) is 3.86. The first-order chi connectivity index (χ1) is 11.3. The van der Waals surface area contributed by atoms with Crippen molar-refractivity contribution < 1.29 is 29.0 Å². The molecule has 1 rings (SSSR count). The van der Waals surface area contributed by atoms with Crippen molar-refractivity contribution in [1.29, 1.82) is 0 Å². The van der Waals surface area contributed by atoms with Gasteiger partial charge in [0.05, 0.1) is 19.6 Å². The van der Waals surface area contributed by atoms with Gasteiger partial charge in [-0.2, -0.15) is 0 Å². The fraction of sp³-hybridized carbons (Fsp3) is 0.500. The molecule has 0 fully saturated rings. The first kappa shape index (κ1) is 19.7. The zero-order valence-electron chi connectivity index (χ0n) is 14.5.